The molecule has 2 aliphatic rings. The molecule has 3 heterocycles. The topological polar surface area (TPSA) is 64.4 Å². The van der Waals surface area contributed by atoms with Gasteiger partial charge >= 0.3 is 0 Å². The molecule has 2 aromatic rings. The first-order valence-corrected chi connectivity index (χ1v) is 10.2. The fourth-order valence-electron chi connectivity index (χ4n) is 4.09. The number of pyridine rings is 1. The van der Waals surface area contributed by atoms with Crippen molar-refractivity contribution in [3.63, 3.8) is 0 Å². The second-order valence-electron chi connectivity index (χ2n) is 7.44. The van der Waals surface area contributed by atoms with E-state index < -0.39 is 0 Å². The standard InChI is InChI=1S/C23H27N5O/c1-2-9-25-22-19-8-10-27(16-18-6-4-3-5-7-18)17-21(19)20(15-24)23(26-22)28-11-13-29-14-12-28/h2-7H,1,8-14,16-17H2,(H,25,26). The molecule has 0 saturated carbocycles. The summed E-state index contributed by atoms with van der Waals surface area (Å²) < 4.78 is 5.50. The van der Waals surface area contributed by atoms with Crippen LogP contribution >= 0.6 is 0 Å². The Morgan fingerprint density at radius 2 is 1.97 bits per heavy atom. The zero-order valence-corrected chi connectivity index (χ0v) is 16.7. The summed E-state index contributed by atoms with van der Waals surface area (Å²) >= 11 is 0. The number of benzene rings is 1. The number of hydrogen-bond donors (Lipinski definition) is 1. The van der Waals surface area contributed by atoms with Gasteiger partial charge in [0, 0.05) is 44.8 Å². The number of nitrogens with one attached hydrogen (secondary N) is 1. The zero-order chi connectivity index (χ0) is 20.1. The Kier molecular flexibility index (Phi) is 6.09. The van der Waals surface area contributed by atoms with Crippen LogP contribution in [0.1, 0.15) is 22.3 Å². The third-order valence-corrected chi connectivity index (χ3v) is 5.54. The quantitative estimate of drug-likeness (QED) is 0.767. The molecule has 1 aromatic carbocycles. The Balaban J connectivity index is 1.69. The second-order valence-corrected chi connectivity index (χ2v) is 7.44. The van der Waals surface area contributed by atoms with E-state index in [2.05, 4.69) is 52.0 Å². The second kappa shape index (κ2) is 9.08. The van der Waals surface area contributed by atoms with Gasteiger partial charge in [-0.15, -0.1) is 6.58 Å². The molecule has 0 amide bonds. The monoisotopic (exact) mass is 389 g/mol. The van der Waals surface area contributed by atoms with E-state index >= 15 is 0 Å². The van der Waals surface area contributed by atoms with Crippen LogP contribution in [0.25, 0.3) is 0 Å². The highest BCUT2D eigenvalue weighted by Crippen LogP contribution is 2.34. The van der Waals surface area contributed by atoms with Gasteiger partial charge in [-0.05, 0) is 17.5 Å². The molecule has 0 unspecified atom stereocenters. The van der Waals surface area contributed by atoms with Crippen molar-refractivity contribution in [2.45, 2.75) is 19.5 Å². The van der Waals surface area contributed by atoms with Crippen LogP contribution in [-0.4, -0.2) is 49.3 Å². The fraction of sp³-hybridized carbons (Fsp3) is 0.391. The number of nitrogens with zero attached hydrogens (tertiary/aromatic N) is 4. The van der Waals surface area contributed by atoms with Crippen molar-refractivity contribution >= 4 is 11.6 Å². The molecule has 29 heavy (non-hydrogen) atoms. The van der Waals surface area contributed by atoms with Crippen molar-refractivity contribution in [1.29, 1.82) is 5.26 Å². The lowest BCUT2D eigenvalue weighted by molar-refractivity contribution is 0.122. The summed E-state index contributed by atoms with van der Waals surface area (Å²) in [5, 5.41) is 13.4. The summed E-state index contributed by atoms with van der Waals surface area (Å²) in [6.07, 6.45) is 2.72. The molecule has 2 aliphatic heterocycles. The predicted molar refractivity (Wildman–Crippen MR) is 115 cm³/mol. The van der Waals surface area contributed by atoms with Crippen molar-refractivity contribution in [3.05, 3.63) is 65.2 Å². The van der Waals surface area contributed by atoms with E-state index in [0.717, 1.165) is 56.3 Å². The average molecular weight is 390 g/mol. The maximum Gasteiger partial charge on any atom is 0.149 e. The SMILES string of the molecule is C=CCNc1nc(N2CCOCC2)c(C#N)c2c1CCN(Cc1ccccc1)C2. The summed E-state index contributed by atoms with van der Waals surface area (Å²) in [5.74, 6) is 1.67. The molecule has 1 saturated heterocycles. The van der Waals surface area contributed by atoms with Gasteiger partial charge in [-0.1, -0.05) is 36.4 Å². The Hall–Kier alpha value is -2.88. The molecule has 6 nitrogen and oxygen atoms in total. The van der Waals surface area contributed by atoms with Crippen LogP contribution in [0.15, 0.2) is 43.0 Å². The molecule has 0 spiro atoms. The number of rotatable bonds is 6. The van der Waals surface area contributed by atoms with Crippen LogP contribution in [0.5, 0.6) is 0 Å². The minimum absolute atomic E-state index is 0.654. The molecular weight excluding hydrogens is 362 g/mol. The van der Waals surface area contributed by atoms with Gasteiger partial charge in [-0.2, -0.15) is 5.26 Å². The van der Waals surface area contributed by atoms with Crippen LogP contribution in [-0.2, 0) is 24.2 Å². The van der Waals surface area contributed by atoms with E-state index in [0.29, 0.717) is 25.3 Å². The first kappa shape index (κ1) is 19.4. The van der Waals surface area contributed by atoms with E-state index in [1.807, 2.05) is 12.1 Å². The van der Waals surface area contributed by atoms with Gasteiger partial charge in [0.25, 0.3) is 0 Å². The summed E-state index contributed by atoms with van der Waals surface area (Å²) in [7, 11) is 0. The highest BCUT2D eigenvalue weighted by atomic mass is 16.5. The molecule has 0 atom stereocenters. The van der Waals surface area contributed by atoms with E-state index in [1.54, 1.807) is 0 Å². The van der Waals surface area contributed by atoms with Gasteiger partial charge in [-0.3, -0.25) is 4.90 Å². The van der Waals surface area contributed by atoms with Crippen molar-refractivity contribution < 1.29 is 4.74 Å². The van der Waals surface area contributed by atoms with Gasteiger partial charge in [0.1, 0.15) is 17.7 Å². The third kappa shape index (κ3) is 4.26. The lowest BCUT2D eigenvalue weighted by atomic mass is 9.95. The molecule has 0 aliphatic carbocycles. The first-order chi connectivity index (χ1) is 14.3. The largest absolute Gasteiger partial charge is 0.378 e. The fourth-order valence-corrected chi connectivity index (χ4v) is 4.09. The van der Waals surface area contributed by atoms with Crippen molar-refractivity contribution in [1.82, 2.24) is 9.88 Å². The van der Waals surface area contributed by atoms with Crippen LogP contribution in [0.3, 0.4) is 0 Å². The van der Waals surface area contributed by atoms with E-state index in [-0.39, 0.29) is 0 Å². The Labute approximate surface area is 172 Å². The Bertz CT molecular complexity index is 900. The van der Waals surface area contributed by atoms with Gasteiger partial charge in [0.2, 0.25) is 0 Å². The van der Waals surface area contributed by atoms with Crippen LogP contribution < -0.4 is 10.2 Å². The maximum atomic E-state index is 10.0. The highest BCUT2D eigenvalue weighted by molar-refractivity contribution is 5.67. The Morgan fingerprint density at radius 1 is 1.17 bits per heavy atom. The van der Waals surface area contributed by atoms with Gasteiger partial charge in [0.05, 0.1) is 18.8 Å². The molecular formula is C23H27N5O. The molecule has 6 heteroatoms. The van der Waals surface area contributed by atoms with Crippen molar-refractivity contribution in [3.8, 4) is 6.07 Å². The first-order valence-electron chi connectivity index (χ1n) is 10.2. The molecule has 4 rings (SSSR count). The number of hydrogen-bond acceptors (Lipinski definition) is 6. The van der Waals surface area contributed by atoms with Gasteiger partial charge < -0.3 is 15.0 Å². The lowest BCUT2D eigenvalue weighted by Crippen LogP contribution is -2.38. The summed E-state index contributed by atoms with van der Waals surface area (Å²) in [4.78, 5) is 9.49. The molecule has 1 aromatic heterocycles. The summed E-state index contributed by atoms with van der Waals surface area (Å²) in [6, 6.07) is 13.0. The summed E-state index contributed by atoms with van der Waals surface area (Å²) in [5.41, 5.74) is 4.29. The lowest BCUT2D eigenvalue weighted by Gasteiger charge is -2.34. The van der Waals surface area contributed by atoms with E-state index in [9.17, 15) is 5.26 Å². The Morgan fingerprint density at radius 3 is 2.69 bits per heavy atom. The van der Waals surface area contributed by atoms with Crippen molar-refractivity contribution in [2.24, 2.45) is 0 Å². The average Bonchev–Trinajstić information content (AvgIpc) is 2.78. The number of nitriles is 1. The number of anilines is 2. The number of fused-ring (bicyclic) bond motifs is 1. The minimum Gasteiger partial charge on any atom is -0.378 e. The van der Waals surface area contributed by atoms with E-state index in [4.69, 9.17) is 9.72 Å². The van der Waals surface area contributed by atoms with Gasteiger partial charge in [-0.25, -0.2) is 4.98 Å². The normalized spacial score (nSPS) is 16.7. The number of morpholine rings is 1. The predicted octanol–water partition coefficient (Wildman–Crippen LogP) is 2.95. The van der Waals surface area contributed by atoms with E-state index in [1.165, 1.54) is 11.1 Å². The number of aromatic nitrogens is 1. The van der Waals surface area contributed by atoms with Gasteiger partial charge in [0.15, 0.2) is 0 Å². The molecule has 150 valence electrons. The summed E-state index contributed by atoms with van der Waals surface area (Å²) in [6.45, 7) is 9.92. The highest BCUT2D eigenvalue weighted by Gasteiger charge is 2.28. The van der Waals surface area contributed by atoms with Crippen LogP contribution in [0.2, 0.25) is 0 Å². The van der Waals surface area contributed by atoms with Crippen LogP contribution in [0, 0.1) is 11.3 Å². The smallest absolute Gasteiger partial charge is 0.149 e. The molecule has 0 radical (unpaired) electrons. The zero-order valence-electron chi connectivity index (χ0n) is 16.7. The van der Waals surface area contributed by atoms with Crippen molar-refractivity contribution in [2.75, 3.05) is 49.6 Å². The molecule has 1 N–H and O–H groups in total. The molecule has 1 fully saturated rings. The van der Waals surface area contributed by atoms with Crippen LogP contribution in [0.4, 0.5) is 11.6 Å². The maximum absolute atomic E-state index is 10.0. The molecule has 0 bridgehead atoms. The minimum atomic E-state index is 0.654. The number of ether oxygens (including phenoxy) is 1. The third-order valence-electron chi connectivity index (χ3n) is 5.54.